The van der Waals surface area contributed by atoms with Gasteiger partial charge in [0.15, 0.2) is 6.27 Å². The minimum Gasteiger partial charge on any atom is -0.444 e. The van der Waals surface area contributed by atoms with Crippen molar-refractivity contribution in [3.8, 4) is 0 Å². The first-order valence-corrected chi connectivity index (χ1v) is 7.57. The second kappa shape index (κ2) is 7.45. The molecule has 5 heteroatoms. The van der Waals surface area contributed by atoms with E-state index < -0.39 is 36.8 Å². The molecule has 1 N–H and O–H groups in total. The molecule has 0 aromatic carbocycles. The molecule has 122 valence electrons. The molecule has 2 rings (SSSR count). The molecule has 1 atom stereocenters. The first-order valence-electron chi connectivity index (χ1n) is 10.1. The van der Waals surface area contributed by atoms with E-state index in [-0.39, 0.29) is 19.1 Å². The van der Waals surface area contributed by atoms with Gasteiger partial charge < -0.3 is 19.5 Å². The number of ether oxygens (including phenoxy) is 3. The minimum atomic E-state index is -2.58. The minimum absolute atomic E-state index is 0.0639. The molecule has 1 aliphatic heterocycles. The van der Waals surface area contributed by atoms with Crippen LogP contribution in [0.15, 0.2) is 0 Å². The molecule has 0 radical (unpaired) electrons. The number of carbonyl (C=O) groups is 1. The van der Waals surface area contributed by atoms with Gasteiger partial charge in [0.25, 0.3) is 0 Å². The molecular weight excluding hydrogens is 270 g/mol. The average Bonchev–Trinajstić information content (AvgIpc) is 2.45. The van der Waals surface area contributed by atoms with Crippen molar-refractivity contribution < 1.29 is 25.9 Å². The zero-order chi connectivity index (χ0) is 19.8. The van der Waals surface area contributed by atoms with Crippen LogP contribution < -0.4 is 5.32 Å². The fraction of sp³-hybridized carbons (Fsp3) is 0.938. The van der Waals surface area contributed by atoms with Gasteiger partial charge in [-0.3, -0.25) is 0 Å². The Labute approximate surface area is 134 Å². The summed E-state index contributed by atoms with van der Waals surface area (Å²) in [6.07, 6.45) is -5.90. The summed E-state index contributed by atoms with van der Waals surface area (Å²) in [6.45, 7) is 5.32. The number of hydrogen-bond acceptors (Lipinski definition) is 4. The van der Waals surface area contributed by atoms with Crippen LogP contribution in [0, 0.1) is 0 Å². The molecule has 2 aliphatic rings. The molecule has 1 saturated heterocycles. The molecule has 1 unspecified atom stereocenters. The fourth-order valence-corrected chi connectivity index (χ4v) is 2.38. The second-order valence-electron chi connectivity index (χ2n) is 6.43. The van der Waals surface area contributed by atoms with E-state index in [1.165, 1.54) is 0 Å². The molecule has 1 amide bonds. The van der Waals surface area contributed by atoms with Gasteiger partial charge >= 0.3 is 6.09 Å². The number of amides is 1. The Balaban J connectivity index is 1.87. The van der Waals surface area contributed by atoms with Gasteiger partial charge in [-0.25, -0.2) is 4.79 Å². The monoisotopic (exact) mass is 304 g/mol. The summed E-state index contributed by atoms with van der Waals surface area (Å²) < 4.78 is 55.9. The third-order valence-corrected chi connectivity index (χ3v) is 3.32. The van der Waals surface area contributed by atoms with E-state index in [4.69, 9.17) is 21.1 Å². The van der Waals surface area contributed by atoms with Gasteiger partial charge in [0.1, 0.15) is 5.60 Å². The van der Waals surface area contributed by atoms with E-state index in [0.717, 1.165) is 0 Å². The lowest BCUT2D eigenvalue weighted by Crippen LogP contribution is -2.42. The number of hydrogen-bond donors (Lipinski definition) is 1. The zero-order valence-electron chi connectivity index (χ0n) is 18.0. The van der Waals surface area contributed by atoms with Crippen LogP contribution in [0.5, 0.6) is 0 Å². The lowest BCUT2D eigenvalue weighted by molar-refractivity contribution is -0.193. The molecule has 2 fully saturated rings. The zero-order valence-corrected chi connectivity index (χ0v) is 13.0. The highest BCUT2D eigenvalue weighted by Gasteiger charge is 2.27. The van der Waals surface area contributed by atoms with Crippen LogP contribution >= 0.6 is 0 Å². The first-order chi connectivity index (χ1) is 11.8. The van der Waals surface area contributed by atoms with Gasteiger partial charge in [0.2, 0.25) is 0 Å². The van der Waals surface area contributed by atoms with E-state index in [2.05, 4.69) is 5.32 Å². The van der Waals surface area contributed by atoms with E-state index in [1.807, 2.05) is 0 Å². The molecule has 21 heavy (non-hydrogen) atoms. The average molecular weight is 304 g/mol. The van der Waals surface area contributed by atoms with Gasteiger partial charge in [-0.1, -0.05) is 0 Å². The number of alkyl carbamates (subject to hydrolysis) is 1. The van der Waals surface area contributed by atoms with Crippen molar-refractivity contribution in [3.63, 3.8) is 0 Å². The Morgan fingerprint density at radius 1 is 1.33 bits per heavy atom. The van der Waals surface area contributed by atoms with Crippen molar-refractivity contribution in [2.45, 2.75) is 89.6 Å². The molecule has 0 aromatic heterocycles. The third kappa shape index (κ3) is 6.22. The first kappa shape index (κ1) is 10.8. The van der Waals surface area contributed by atoms with Gasteiger partial charge in [-0.15, -0.1) is 0 Å². The van der Waals surface area contributed by atoms with Crippen molar-refractivity contribution in [2.75, 3.05) is 6.61 Å². The SMILES string of the molecule is [2H]C1([2H])CCOC([2H])(OC2CCC(NC(=O)OC(C)(C)C)CC2)C1([2H])[2H]. The molecular formula is C16H29NO4. The lowest BCUT2D eigenvalue weighted by Gasteiger charge is -2.33. The lowest BCUT2D eigenvalue weighted by atomic mass is 9.93. The van der Waals surface area contributed by atoms with E-state index >= 15 is 0 Å². The summed E-state index contributed by atoms with van der Waals surface area (Å²) >= 11 is 0. The van der Waals surface area contributed by atoms with E-state index in [9.17, 15) is 4.79 Å². The highest BCUT2D eigenvalue weighted by atomic mass is 16.7. The second-order valence-corrected chi connectivity index (χ2v) is 6.43. The standard InChI is InChI=1S/C16H29NO4/c1-16(2,3)21-15(18)17-12-7-9-13(10-8-12)20-14-6-4-5-11-19-14/h12-14H,4-11H2,1-3H3,(H,17,18)/i4D2,6D2,14D. The normalized spacial score (nSPS) is 42.5. The maximum Gasteiger partial charge on any atom is 0.407 e. The third-order valence-electron chi connectivity index (χ3n) is 3.32. The number of nitrogens with one attached hydrogen (secondary N) is 1. The van der Waals surface area contributed by atoms with Crippen LogP contribution in [0.4, 0.5) is 4.79 Å². The fourth-order valence-electron chi connectivity index (χ4n) is 2.38. The Morgan fingerprint density at radius 3 is 2.71 bits per heavy atom. The predicted molar refractivity (Wildman–Crippen MR) is 80.1 cm³/mol. The van der Waals surface area contributed by atoms with Gasteiger partial charge in [0.05, 0.1) is 7.47 Å². The summed E-state index contributed by atoms with van der Waals surface area (Å²) in [5, 5.41) is 2.81. The van der Waals surface area contributed by atoms with E-state index in [1.54, 1.807) is 20.8 Å². The molecule has 1 saturated carbocycles. The van der Waals surface area contributed by atoms with Crippen molar-refractivity contribution in [1.29, 1.82) is 0 Å². The van der Waals surface area contributed by atoms with Crippen molar-refractivity contribution in [3.05, 3.63) is 0 Å². The quantitative estimate of drug-likeness (QED) is 0.868. The van der Waals surface area contributed by atoms with Crippen LogP contribution in [-0.4, -0.2) is 36.7 Å². The highest BCUT2D eigenvalue weighted by molar-refractivity contribution is 5.68. The van der Waals surface area contributed by atoms with Gasteiger partial charge in [-0.2, -0.15) is 0 Å². The maximum absolute atomic E-state index is 11.8. The van der Waals surface area contributed by atoms with Crippen LogP contribution in [-0.2, 0) is 14.2 Å². The van der Waals surface area contributed by atoms with Crippen molar-refractivity contribution in [1.82, 2.24) is 5.32 Å². The summed E-state index contributed by atoms with van der Waals surface area (Å²) in [7, 11) is 0. The Morgan fingerprint density at radius 2 is 2.05 bits per heavy atom. The van der Waals surface area contributed by atoms with Crippen LogP contribution in [0.3, 0.4) is 0 Å². The molecule has 0 bridgehead atoms. The molecule has 1 heterocycles. The smallest absolute Gasteiger partial charge is 0.407 e. The molecule has 1 aliphatic carbocycles. The largest absolute Gasteiger partial charge is 0.444 e. The van der Waals surface area contributed by atoms with E-state index in [0.29, 0.717) is 25.7 Å². The summed E-state index contributed by atoms with van der Waals surface area (Å²) in [6, 6.07) is -0.0677. The summed E-state index contributed by atoms with van der Waals surface area (Å²) in [5.41, 5.74) is -0.565. The Bertz CT molecular complexity index is 517. The topological polar surface area (TPSA) is 56.8 Å². The Hall–Kier alpha value is -0.810. The molecule has 5 nitrogen and oxygen atoms in total. The van der Waals surface area contributed by atoms with Gasteiger partial charge in [-0.05, 0) is 65.6 Å². The number of rotatable bonds is 3. The number of carbonyl (C=O) groups excluding carboxylic acids is 1. The predicted octanol–water partition coefficient (Wildman–Crippen LogP) is 3.37. The Kier molecular flexibility index (Phi) is 3.85. The summed E-state index contributed by atoms with van der Waals surface area (Å²) in [5.74, 6) is 0. The molecule has 0 aromatic rings. The van der Waals surface area contributed by atoms with Crippen molar-refractivity contribution >= 4 is 6.09 Å². The maximum atomic E-state index is 11.8. The summed E-state index contributed by atoms with van der Waals surface area (Å²) in [4.78, 5) is 11.8. The van der Waals surface area contributed by atoms with Crippen LogP contribution in [0.1, 0.15) is 72.5 Å². The van der Waals surface area contributed by atoms with Crippen LogP contribution in [0.2, 0.25) is 0 Å². The highest BCUT2D eigenvalue weighted by Crippen LogP contribution is 2.25. The van der Waals surface area contributed by atoms with Gasteiger partial charge in [0, 0.05) is 18.1 Å². The van der Waals surface area contributed by atoms with Crippen LogP contribution in [0.25, 0.3) is 0 Å². The molecule has 0 spiro atoms. The van der Waals surface area contributed by atoms with Crippen molar-refractivity contribution in [2.24, 2.45) is 0 Å².